The van der Waals surface area contributed by atoms with Gasteiger partial charge in [-0.1, -0.05) is 19.1 Å². The van der Waals surface area contributed by atoms with Crippen LogP contribution >= 0.6 is 0 Å². The highest BCUT2D eigenvalue weighted by Gasteiger charge is 2.20. The van der Waals surface area contributed by atoms with Crippen molar-refractivity contribution in [1.29, 1.82) is 0 Å². The van der Waals surface area contributed by atoms with Gasteiger partial charge in [0, 0.05) is 5.56 Å². The van der Waals surface area contributed by atoms with Gasteiger partial charge in [0.05, 0.1) is 7.11 Å². The molecule has 1 heterocycles. The van der Waals surface area contributed by atoms with Gasteiger partial charge in [-0.05, 0) is 72.0 Å². The van der Waals surface area contributed by atoms with Crippen molar-refractivity contribution < 1.29 is 18.9 Å². The van der Waals surface area contributed by atoms with Crippen LogP contribution in [0, 0.1) is 6.92 Å². The van der Waals surface area contributed by atoms with E-state index in [1.165, 1.54) is 5.56 Å². The summed E-state index contributed by atoms with van der Waals surface area (Å²) in [6.45, 7) is 5.68. The number of rotatable bonds is 7. The summed E-state index contributed by atoms with van der Waals surface area (Å²) >= 11 is 0. The van der Waals surface area contributed by atoms with Crippen LogP contribution in [0.3, 0.4) is 0 Å². The molecule has 7 heteroatoms. The molecule has 0 bridgehead atoms. The van der Waals surface area contributed by atoms with Gasteiger partial charge in [0.1, 0.15) is 11.5 Å². The first kappa shape index (κ1) is 19.4. The topological polar surface area (TPSA) is 86.5 Å². The first-order chi connectivity index (χ1) is 13.5. The second kappa shape index (κ2) is 8.56. The van der Waals surface area contributed by atoms with Crippen LogP contribution in [0.2, 0.25) is 0 Å². The standard InChI is InChI=1S/C21H23N3O4/c1-5-15-6-9-17(10-7-15)27-14(3)21(25)22-20-19(23-28-24-20)16-8-11-18(26-4)13(2)12-16/h6-12,14H,5H2,1-4H3,(H,22,24,25)/t14-/m1/s1. The third-order valence-corrected chi connectivity index (χ3v) is 4.41. The number of anilines is 1. The maximum absolute atomic E-state index is 12.5. The maximum Gasteiger partial charge on any atom is 0.266 e. The Bertz CT molecular complexity index is 951. The molecule has 1 atom stereocenters. The number of hydrogen-bond donors (Lipinski definition) is 1. The molecule has 0 saturated carbocycles. The lowest BCUT2D eigenvalue weighted by atomic mass is 10.1. The van der Waals surface area contributed by atoms with E-state index < -0.39 is 6.10 Å². The Morgan fingerprint density at radius 1 is 1.18 bits per heavy atom. The SMILES string of the molecule is CCc1ccc(O[C@H](C)C(=O)Nc2nonc2-c2ccc(OC)c(C)c2)cc1. The second-order valence-corrected chi connectivity index (χ2v) is 6.39. The van der Waals surface area contributed by atoms with Crippen molar-refractivity contribution in [2.24, 2.45) is 0 Å². The quantitative estimate of drug-likeness (QED) is 0.665. The third kappa shape index (κ3) is 4.31. The average molecular weight is 381 g/mol. The molecule has 0 radical (unpaired) electrons. The van der Waals surface area contributed by atoms with Crippen molar-refractivity contribution in [1.82, 2.24) is 10.3 Å². The Morgan fingerprint density at radius 3 is 2.57 bits per heavy atom. The number of carbonyl (C=O) groups excluding carboxylic acids is 1. The number of ether oxygens (including phenoxy) is 2. The fraction of sp³-hybridized carbons (Fsp3) is 0.286. The van der Waals surface area contributed by atoms with Gasteiger partial charge in [0.25, 0.3) is 5.91 Å². The molecule has 1 N–H and O–H groups in total. The summed E-state index contributed by atoms with van der Waals surface area (Å²) in [5.41, 5.74) is 3.35. The van der Waals surface area contributed by atoms with Gasteiger partial charge in [-0.15, -0.1) is 0 Å². The van der Waals surface area contributed by atoms with Crippen LogP contribution in [0.5, 0.6) is 11.5 Å². The van der Waals surface area contributed by atoms with Crippen molar-refractivity contribution in [3.63, 3.8) is 0 Å². The molecule has 3 rings (SSSR count). The number of methoxy groups -OCH3 is 1. The molecule has 146 valence electrons. The van der Waals surface area contributed by atoms with Crippen molar-refractivity contribution in [3.05, 3.63) is 53.6 Å². The molecule has 7 nitrogen and oxygen atoms in total. The number of hydrogen-bond acceptors (Lipinski definition) is 6. The van der Waals surface area contributed by atoms with Crippen LogP contribution in [0.1, 0.15) is 25.0 Å². The number of amides is 1. The normalized spacial score (nSPS) is 11.7. The van der Waals surface area contributed by atoms with E-state index in [0.29, 0.717) is 11.4 Å². The van der Waals surface area contributed by atoms with Crippen molar-refractivity contribution >= 4 is 11.7 Å². The summed E-state index contributed by atoms with van der Waals surface area (Å²) in [7, 11) is 1.61. The summed E-state index contributed by atoms with van der Waals surface area (Å²) in [6, 6.07) is 13.2. The summed E-state index contributed by atoms with van der Waals surface area (Å²) in [6.07, 6.45) is 0.234. The zero-order valence-corrected chi connectivity index (χ0v) is 16.4. The monoisotopic (exact) mass is 381 g/mol. The minimum Gasteiger partial charge on any atom is -0.496 e. The summed E-state index contributed by atoms with van der Waals surface area (Å²) in [5, 5.41) is 10.4. The number of aryl methyl sites for hydroxylation is 2. The highest BCUT2D eigenvalue weighted by Crippen LogP contribution is 2.29. The van der Waals surface area contributed by atoms with Crippen LogP contribution in [0.25, 0.3) is 11.3 Å². The maximum atomic E-state index is 12.5. The van der Waals surface area contributed by atoms with Gasteiger partial charge in [0.15, 0.2) is 11.8 Å². The average Bonchev–Trinajstić information content (AvgIpc) is 3.16. The van der Waals surface area contributed by atoms with Crippen LogP contribution < -0.4 is 14.8 Å². The van der Waals surface area contributed by atoms with Crippen molar-refractivity contribution in [2.75, 3.05) is 12.4 Å². The number of aromatic nitrogens is 2. The first-order valence-electron chi connectivity index (χ1n) is 9.05. The summed E-state index contributed by atoms with van der Waals surface area (Å²) in [4.78, 5) is 12.5. The van der Waals surface area contributed by atoms with E-state index in [1.807, 2.05) is 49.4 Å². The molecule has 3 aromatic rings. The van der Waals surface area contributed by atoms with E-state index >= 15 is 0 Å². The first-order valence-corrected chi connectivity index (χ1v) is 9.05. The fourth-order valence-electron chi connectivity index (χ4n) is 2.77. The molecular weight excluding hydrogens is 358 g/mol. The highest BCUT2D eigenvalue weighted by atomic mass is 16.6. The van der Waals surface area contributed by atoms with Crippen molar-refractivity contribution in [3.8, 4) is 22.8 Å². The Kier molecular flexibility index (Phi) is 5.93. The van der Waals surface area contributed by atoms with E-state index in [2.05, 4.69) is 22.6 Å². The molecule has 0 aliphatic rings. The summed E-state index contributed by atoms with van der Waals surface area (Å²) < 4.78 is 15.8. The molecule has 1 amide bonds. The van der Waals surface area contributed by atoms with Crippen LogP contribution in [-0.2, 0) is 11.2 Å². The Morgan fingerprint density at radius 2 is 1.93 bits per heavy atom. The lowest BCUT2D eigenvalue weighted by Gasteiger charge is -2.14. The smallest absolute Gasteiger partial charge is 0.266 e. The van der Waals surface area contributed by atoms with Crippen LogP contribution in [-0.4, -0.2) is 29.4 Å². The Hall–Kier alpha value is -3.35. The van der Waals surface area contributed by atoms with Gasteiger partial charge in [-0.2, -0.15) is 0 Å². The van der Waals surface area contributed by atoms with E-state index in [4.69, 9.17) is 14.1 Å². The largest absolute Gasteiger partial charge is 0.496 e. The molecule has 0 spiro atoms. The molecule has 0 fully saturated rings. The third-order valence-electron chi connectivity index (χ3n) is 4.41. The van der Waals surface area contributed by atoms with E-state index in [9.17, 15) is 4.79 Å². The van der Waals surface area contributed by atoms with Crippen LogP contribution in [0.15, 0.2) is 47.1 Å². The highest BCUT2D eigenvalue weighted by molar-refractivity contribution is 5.96. The van der Waals surface area contributed by atoms with Crippen molar-refractivity contribution in [2.45, 2.75) is 33.3 Å². The molecule has 2 aromatic carbocycles. The molecule has 1 aromatic heterocycles. The number of nitrogens with one attached hydrogen (secondary N) is 1. The van der Waals surface area contributed by atoms with Gasteiger partial charge >= 0.3 is 0 Å². The van der Waals surface area contributed by atoms with Gasteiger partial charge in [-0.3, -0.25) is 4.79 Å². The molecular formula is C21H23N3O4. The Balaban J connectivity index is 1.70. The van der Waals surface area contributed by atoms with Crippen LogP contribution in [0.4, 0.5) is 5.82 Å². The zero-order valence-electron chi connectivity index (χ0n) is 16.4. The number of nitrogens with zero attached hydrogens (tertiary/aromatic N) is 2. The van der Waals surface area contributed by atoms with E-state index in [1.54, 1.807) is 14.0 Å². The summed E-state index contributed by atoms with van der Waals surface area (Å²) in [5.74, 6) is 1.29. The zero-order chi connectivity index (χ0) is 20.1. The number of carbonyl (C=O) groups is 1. The van der Waals surface area contributed by atoms with Gasteiger partial charge in [-0.25, -0.2) is 4.63 Å². The van der Waals surface area contributed by atoms with Gasteiger partial charge in [0.2, 0.25) is 5.82 Å². The fourth-order valence-corrected chi connectivity index (χ4v) is 2.77. The molecule has 0 aliphatic heterocycles. The molecule has 0 saturated heterocycles. The number of benzene rings is 2. The predicted molar refractivity (Wildman–Crippen MR) is 106 cm³/mol. The molecule has 0 aliphatic carbocycles. The molecule has 0 unspecified atom stereocenters. The lowest BCUT2D eigenvalue weighted by molar-refractivity contribution is -0.122. The Labute approximate surface area is 163 Å². The van der Waals surface area contributed by atoms with E-state index in [-0.39, 0.29) is 11.7 Å². The predicted octanol–water partition coefficient (Wildman–Crippen LogP) is 4.02. The second-order valence-electron chi connectivity index (χ2n) is 6.39. The lowest BCUT2D eigenvalue weighted by Crippen LogP contribution is -2.30. The minimum atomic E-state index is -0.713. The molecule has 28 heavy (non-hydrogen) atoms. The van der Waals surface area contributed by atoms with Gasteiger partial charge < -0.3 is 14.8 Å². The minimum absolute atomic E-state index is 0.242. The van der Waals surface area contributed by atoms with E-state index in [0.717, 1.165) is 23.3 Å².